The van der Waals surface area contributed by atoms with Gasteiger partial charge in [-0.05, 0) is 19.9 Å². The molecular weight excluding hydrogens is 226 g/mol. The fourth-order valence-electron chi connectivity index (χ4n) is 2.78. The van der Waals surface area contributed by atoms with E-state index in [1.807, 2.05) is 17.1 Å². The highest BCUT2D eigenvalue weighted by Crippen LogP contribution is 2.45. The summed E-state index contributed by atoms with van der Waals surface area (Å²) >= 11 is 0. The third-order valence-corrected chi connectivity index (χ3v) is 4.41. The van der Waals surface area contributed by atoms with Crippen LogP contribution in [0.15, 0.2) is 12.4 Å². The van der Waals surface area contributed by atoms with Crippen LogP contribution in [0, 0.1) is 5.41 Å². The van der Waals surface area contributed by atoms with Gasteiger partial charge in [0.1, 0.15) is 6.10 Å². The minimum Gasteiger partial charge on any atom is -0.486 e. The Kier molecular flexibility index (Phi) is 3.95. The normalized spacial score (nSPS) is 31.1. The van der Waals surface area contributed by atoms with Crippen LogP contribution in [0.2, 0.25) is 0 Å². The molecule has 0 amide bonds. The van der Waals surface area contributed by atoms with Crippen LogP contribution in [0.4, 0.5) is 0 Å². The predicted molar refractivity (Wildman–Crippen MR) is 72.8 cm³/mol. The van der Waals surface area contributed by atoms with Gasteiger partial charge >= 0.3 is 0 Å². The first-order valence-corrected chi connectivity index (χ1v) is 7.06. The topological polar surface area (TPSA) is 39.1 Å². The summed E-state index contributed by atoms with van der Waals surface area (Å²) in [5.74, 6) is 0.900. The lowest BCUT2D eigenvalue weighted by Crippen LogP contribution is -2.63. The fraction of sp³-hybridized carbons (Fsp3) is 0.786. The SMILES string of the molecule is CCNC1CC(Oc2cnn(CC)c2)C1(C)CC. The molecule has 1 aromatic rings. The maximum atomic E-state index is 6.09. The maximum absolute atomic E-state index is 6.09. The standard InChI is InChI=1S/C14H25N3O/c1-5-14(4)12(15-6-2)8-13(14)18-11-9-16-17(7-3)10-11/h9-10,12-13,15H,5-8H2,1-4H3. The van der Waals surface area contributed by atoms with E-state index in [0.29, 0.717) is 12.1 Å². The molecule has 0 aromatic carbocycles. The van der Waals surface area contributed by atoms with Crippen molar-refractivity contribution in [3.63, 3.8) is 0 Å². The highest BCUT2D eigenvalue weighted by Gasteiger charge is 2.51. The van der Waals surface area contributed by atoms with Gasteiger partial charge in [-0.1, -0.05) is 20.8 Å². The monoisotopic (exact) mass is 251 g/mol. The molecule has 0 bridgehead atoms. The molecule has 1 aromatic heterocycles. The van der Waals surface area contributed by atoms with Gasteiger partial charge in [0, 0.05) is 24.4 Å². The quantitative estimate of drug-likeness (QED) is 0.844. The molecular formula is C14H25N3O. The Hall–Kier alpha value is -1.03. The van der Waals surface area contributed by atoms with Gasteiger partial charge in [0.05, 0.1) is 12.4 Å². The zero-order chi connectivity index (χ0) is 13.2. The largest absolute Gasteiger partial charge is 0.486 e. The van der Waals surface area contributed by atoms with Crippen LogP contribution in [0.3, 0.4) is 0 Å². The third-order valence-electron chi connectivity index (χ3n) is 4.41. The summed E-state index contributed by atoms with van der Waals surface area (Å²) in [6.07, 6.45) is 6.34. The Bertz CT molecular complexity index is 390. The fourth-order valence-corrected chi connectivity index (χ4v) is 2.78. The van der Waals surface area contributed by atoms with Crippen molar-refractivity contribution in [3.05, 3.63) is 12.4 Å². The van der Waals surface area contributed by atoms with Crippen LogP contribution in [0.1, 0.15) is 40.5 Å². The molecule has 3 atom stereocenters. The minimum atomic E-state index is 0.240. The first-order valence-electron chi connectivity index (χ1n) is 7.06. The Morgan fingerprint density at radius 3 is 2.83 bits per heavy atom. The molecule has 18 heavy (non-hydrogen) atoms. The summed E-state index contributed by atoms with van der Waals surface area (Å²) in [6, 6.07) is 0.582. The second kappa shape index (κ2) is 5.31. The van der Waals surface area contributed by atoms with Gasteiger partial charge in [0.15, 0.2) is 5.75 Å². The van der Waals surface area contributed by atoms with Crippen molar-refractivity contribution in [2.24, 2.45) is 5.41 Å². The number of aryl methyl sites for hydroxylation is 1. The summed E-state index contributed by atoms with van der Waals surface area (Å²) in [4.78, 5) is 0. The summed E-state index contributed by atoms with van der Waals surface area (Å²) in [6.45, 7) is 10.7. The highest BCUT2D eigenvalue weighted by atomic mass is 16.5. The first kappa shape index (κ1) is 13.4. The number of aromatic nitrogens is 2. The molecule has 3 unspecified atom stereocenters. The van der Waals surface area contributed by atoms with E-state index < -0.39 is 0 Å². The molecule has 1 aliphatic rings. The Morgan fingerprint density at radius 1 is 1.50 bits per heavy atom. The van der Waals surface area contributed by atoms with Crippen LogP contribution >= 0.6 is 0 Å². The van der Waals surface area contributed by atoms with Crippen molar-refractivity contribution < 1.29 is 4.74 Å². The van der Waals surface area contributed by atoms with Crippen LogP contribution in [0.25, 0.3) is 0 Å². The van der Waals surface area contributed by atoms with Crippen molar-refractivity contribution in [2.75, 3.05) is 6.54 Å². The highest BCUT2D eigenvalue weighted by molar-refractivity contribution is 5.16. The molecule has 1 heterocycles. The van der Waals surface area contributed by atoms with E-state index in [1.165, 1.54) is 0 Å². The van der Waals surface area contributed by atoms with E-state index >= 15 is 0 Å². The summed E-state index contributed by atoms with van der Waals surface area (Å²) in [7, 11) is 0. The molecule has 102 valence electrons. The predicted octanol–water partition coefficient (Wildman–Crippen LogP) is 2.45. The molecule has 1 N–H and O–H groups in total. The zero-order valence-corrected chi connectivity index (χ0v) is 11.9. The Balaban J connectivity index is 1.98. The number of nitrogens with one attached hydrogen (secondary N) is 1. The average Bonchev–Trinajstić information content (AvgIpc) is 2.84. The molecule has 1 fully saturated rings. The number of rotatable bonds is 6. The molecule has 4 heteroatoms. The van der Waals surface area contributed by atoms with E-state index in [1.54, 1.807) is 0 Å². The van der Waals surface area contributed by atoms with Crippen molar-refractivity contribution in [3.8, 4) is 5.75 Å². The van der Waals surface area contributed by atoms with Gasteiger partial charge < -0.3 is 10.1 Å². The molecule has 0 radical (unpaired) electrons. The van der Waals surface area contributed by atoms with Crippen LogP contribution in [-0.2, 0) is 6.54 Å². The van der Waals surface area contributed by atoms with Crippen LogP contribution in [0.5, 0.6) is 5.75 Å². The summed E-state index contributed by atoms with van der Waals surface area (Å²) < 4.78 is 7.99. The van der Waals surface area contributed by atoms with E-state index in [9.17, 15) is 0 Å². The molecule has 2 rings (SSSR count). The van der Waals surface area contributed by atoms with Gasteiger partial charge in [0.25, 0.3) is 0 Å². The summed E-state index contributed by atoms with van der Waals surface area (Å²) in [5, 5.41) is 7.81. The average molecular weight is 251 g/mol. The van der Waals surface area contributed by atoms with Gasteiger partial charge in [-0.2, -0.15) is 5.10 Å². The summed E-state index contributed by atoms with van der Waals surface area (Å²) in [5.41, 5.74) is 0.240. The second-order valence-electron chi connectivity index (χ2n) is 5.34. The van der Waals surface area contributed by atoms with Crippen molar-refractivity contribution in [1.29, 1.82) is 0 Å². The number of ether oxygens (including phenoxy) is 1. The van der Waals surface area contributed by atoms with E-state index in [0.717, 1.165) is 31.7 Å². The molecule has 0 saturated heterocycles. The van der Waals surface area contributed by atoms with Gasteiger partial charge in [-0.3, -0.25) is 4.68 Å². The van der Waals surface area contributed by atoms with Gasteiger partial charge in [-0.15, -0.1) is 0 Å². The van der Waals surface area contributed by atoms with Gasteiger partial charge in [-0.25, -0.2) is 0 Å². The lowest BCUT2D eigenvalue weighted by atomic mass is 9.61. The smallest absolute Gasteiger partial charge is 0.157 e. The number of hydrogen-bond donors (Lipinski definition) is 1. The van der Waals surface area contributed by atoms with E-state index in [-0.39, 0.29) is 5.41 Å². The number of nitrogens with zero attached hydrogens (tertiary/aromatic N) is 2. The van der Waals surface area contributed by atoms with Crippen LogP contribution in [-0.4, -0.2) is 28.5 Å². The zero-order valence-electron chi connectivity index (χ0n) is 11.9. The lowest BCUT2D eigenvalue weighted by Gasteiger charge is -2.53. The maximum Gasteiger partial charge on any atom is 0.157 e. The van der Waals surface area contributed by atoms with Crippen molar-refractivity contribution >= 4 is 0 Å². The lowest BCUT2D eigenvalue weighted by molar-refractivity contribution is -0.0697. The Morgan fingerprint density at radius 2 is 2.28 bits per heavy atom. The molecule has 0 aliphatic heterocycles. The third kappa shape index (κ3) is 2.26. The number of hydrogen-bond acceptors (Lipinski definition) is 3. The van der Waals surface area contributed by atoms with E-state index in [4.69, 9.17) is 4.74 Å². The molecule has 1 saturated carbocycles. The second-order valence-corrected chi connectivity index (χ2v) is 5.34. The van der Waals surface area contributed by atoms with Crippen molar-refractivity contribution in [2.45, 2.75) is 59.2 Å². The van der Waals surface area contributed by atoms with Crippen LogP contribution < -0.4 is 10.1 Å². The molecule has 0 spiro atoms. The Labute approximate surface area is 110 Å². The molecule has 4 nitrogen and oxygen atoms in total. The van der Waals surface area contributed by atoms with Crippen molar-refractivity contribution in [1.82, 2.24) is 15.1 Å². The molecule has 1 aliphatic carbocycles. The minimum absolute atomic E-state index is 0.240. The van der Waals surface area contributed by atoms with Gasteiger partial charge in [0.2, 0.25) is 0 Å². The first-order chi connectivity index (χ1) is 8.63. The van der Waals surface area contributed by atoms with E-state index in [2.05, 4.69) is 38.1 Å².